The number of hydrogen-bond donors (Lipinski definition) is 1. The highest BCUT2D eigenvalue weighted by Crippen LogP contribution is 2.10. The number of nitrogens with zero attached hydrogens (tertiary/aromatic N) is 2. The lowest BCUT2D eigenvalue weighted by Gasteiger charge is -2.23. The highest BCUT2D eigenvalue weighted by molar-refractivity contribution is 5.94. The van der Waals surface area contributed by atoms with Crippen LogP contribution in [0, 0.1) is 29.1 Å². The summed E-state index contributed by atoms with van der Waals surface area (Å²) in [5.41, 5.74) is 6.78. The molecule has 1 amide bonds. The standard InChI is InChI=1S/C17H21N3O/c1-14(2)13-20(12-4-11-19)17(21)16-8-6-15(7-9-16)5-3-10-18/h6-9,14H,4,10,12-13,18H2,1-2H3. The van der Waals surface area contributed by atoms with Crippen LogP contribution in [0.25, 0.3) is 0 Å². The van der Waals surface area contributed by atoms with E-state index >= 15 is 0 Å². The molecule has 1 aromatic carbocycles. The molecule has 0 spiro atoms. The van der Waals surface area contributed by atoms with E-state index in [2.05, 4.69) is 31.8 Å². The summed E-state index contributed by atoms with van der Waals surface area (Å²) in [4.78, 5) is 14.2. The van der Waals surface area contributed by atoms with E-state index in [0.717, 1.165) is 5.56 Å². The summed E-state index contributed by atoms with van der Waals surface area (Å²) in [6.45, 7) is 5.53. The number of nitriles is 1. The van der Waals surface area contributed by atoms with Gasteiger partial charge in [0, 0.05) is 24.2 Å². The predicted molar refractivity (Wildman–Crippen MR) is 83.3 cm³/mol. The first-order chi connectivity index (χ1) is 10.1. The van der Waals surface area contributed by atoms with Crippen molar-refractivity contribution in [3.8, 4) is 17.9 Å². The summed E-state index contributed by atoms with van der Waals surface area (Å²) in [5, 5.41) is 8.71. The largest absolute Gasteiger partial charge is 0.337 e. The molecule has 0 fully saturated rings. The van der Waals surface area contributed by atoms with Crippen molar-refractivity contribution in [2.24, 2.45) is 11.7 Å². The van der Waals surface area contributed by atoms with E-state index in [-0.39, 0.29) is 5.91 Å². The van der Waals surface area contributed by atoms with Gasteiger partial charge >= 0.3 is 0 Å². The first kappa shape index (κ1) is 16.8. The Morgan fingerprint density at radius 2 is 2.00 bits per heavy atom. The molecule has 0 aromatic heterocycles. The molecular weight excluding hydrogens is 262 g/mol. The van der Waals surface area contributed by atoms with Crippen LogP contribution in [0.3, 0.4) is 0 Å². The monoisotopic (exact) mass is 283 g/mol. The molecule has 0 saturated carbocycles. The molecule has 0 heterocycles. The number of carbonyl (C=O) groups excluding carboxylic acids is 1. The Labute approximate surface area is 126 Å². The van der Waals surface area contributed by atoms with Gasteiger partial charge in [0.2, 0.25) is 0 Å². The van der Waals surface area contributed by atoms with Crippen LogP contribution in [0.1, 0.15) is 36.2 Å². The minimum atomic E-state index is -0.0442. The maximum atomic E-state index is 12.5. The Morgan fingerprint density at radius 3 is 2.52 bits per heavy atom. The Morgan fingerprint density at radius 1 is 1.33 bits per heavy atom. The van der Waals surface area contributed by atoms with Gasteiger partial charge in [-0.05, 0) is 30.2 Å². The number of amides is 1. The molecule has 0 unspecified atom stereocenters. The van der Waals surface area contributed by atoms with Gasteiger partial charge in [-0.1, -0.05) is 25.7 Å². The van der Waals surface area contributed by atoms with Gasteiger partial charge in [-0.2, -0.15) is 5.26 Å². The molecule has 0 atom stereocenters. The Hall–Kier alpha value is -2.30. The number of nitrogens with two attached hydrogens (primary N) is 1. The average molecular weight is 283 g/mol. The van der Waals surface area contributed by atoms with Crippen molar-refractivity contribution in [3.63, 3.8) is 0 Å². The number of carbonyl (C=O) groups is 1. The van der Waals surface area contributed by atoms with Crippen molar-refractivity contribution < 1.29 is 4.79 Å². The third-order valence-electron chi connectivity index (χ3n) is 2.83. The molecule has 0 aliphatic carbocycles. The SMILES string of the molecule is CC(C)CN(CCC#N)C(=O)c1ccc(C#CCN)cc1. The van der Waals surface area contributed by atoms with Gasteiger partial charge in [0.1, 0.15) is 0 Å². The van der Waals surface area contributed by atoms with Crippen molar-refractivity contribution in [3.05, 3.63) is 35.4 Å². The smallest absolute Gasteiger partial charge is 0.253 e. The molecule has 1 aromatic rings. The molecule has 0 saturated heterocycles. The average Bonchev–Trinajstić information content (AvgIpc) is 2.49. The van der Waals surface area contributed by atoms with Crippen LogP contribution in [-0.2, 0) is 0 Å². The summed E-state index contributed by atoms with van der Waals surface area (Å²) in [6.07, 6.45) is 0.346. The maximum Gasteiger partial charge on any atom is 0.253 e. The van der Waals surface area contributed by atoms with Crippen LogP contribution in [-0.4, -0.2) is 30.4 Å². The molecule has 0 bridgehead atoms. The summed E-state index contributed by atoms with van der Waals surface area (Å²) in [7, 11) is 0. The molecule has 0 aliphatic rings. The van der Waals surface area contributed by atoms with Gasteiger partial charge in [-0.3, -0.25) is 4.79 Å². The summed E-state index contributed by atoms with van der Waals surface area (Å²) < 4.78 is 0. The molecule has 110 valence electrons. The predicted octanol–water partition coefficient (Wildman–Crippen LogP) is 2.01. The van der Waals surface area contributed by atoms with Crippen molar-refractivity contribution in [2.75, 3.05) is 19.6 Å². The van der Waals surface area contributed by atoms with Gasteiger partial charge in [0.15, 0.2) is 0 Å². The van der Waals surface area contributed by atoms with Crippen LogP contribution in [0.15, 0.2) is 24.3 Å². The summed E-state index contributed by atoms with van der Waals surface area (Å²) in [5.74, 6) is 6.02. The van der Waals surface area contributed by atoms with Crippen LogP contribution < -0.4 is 5.73 Å². The highest BCUT2D eigenvalue weighted by atomic mass is 16.2. The van der Waals surface area contributed by atoms with Crippen LogP contribution in [0.4, 0.5) is 0 Å². The van der Waals surface area contributed by atoms with Crippen molar-refractivity contribution in [1.82, 2.24) is 4.90 Å². The normalized spacial score (nSPS) is 9.67. The fourth-order valence-corrected chi connectivity index (χ4v) is 1.93. The van der Waals surface area contributed by atoms with E-state index in [9.17, 15) is 4.79 Å². The molecule has 0 radical (unpaired) electrons. The fourth-order valence-electron chi connectivity index (χ4n) is 1.93. The van der Waals surface area contributed by atoms with Gasteiger partial charge in [-0.25, -0.2) is 0 Å². The quantitative estimate of drug-likeness (QED) is 0.840. The van der Waals surface area contributed by atoms with Gasteiger partial charge < -0.3 is 10.6 Å². The Bertz CT molecular complexity index is 558. The Kier molecular flexibility index (Phi) is 7.01. The molecule has 1 rings (SSSR count). The molecular formula is C17H21N3O. The van der Waals surface area contributed by atoms with Crippen LogP contribution >= 0.6 is 0 Å². The molecule has 21 heavy (non-hydrogen) atoms. The molecule has 4 heteroatoms. The van der Waals surface area contributed by atoms with E-state index in [1.54, 1.807) is 17.0 Å². The van der Waals surface area contributed by atoms with Crippen molar-refractivity contribution >= 4 is 5.91 Å². The second kappa shape index (κ2) is 8.79. The molecule has 4 nitrogen and oxygen atoms in total. The minimum Gasteiger partial charge on any atom is -0.337 e. The Balaban J connectivity index is 2.85. The van der Waals surface area contributed by atoms with E-state index in [1.807, 2.05) is 12.1 Å². The van der Waals surface area contributed by atoms with Gasteiger partial charge in [-0.15, -0.1) is 0 Å². The third kappa shape index (κ3) is 5.69. The van der Waals surface area contributed by atoms with E-state index < -0.39 is 0 Å². The second-order valence-electron chi connectivity index (χ2n) is 5.14. The van der Waals surface area contributed by atoms with Gasteiger partial charge in [0.05, 0.1) is 19.0 Å². The second-order valence-corrected chi connectivity index (χ2v) is 5.14. The lowest BCUT2D eigenvalue weighted by atomic mass is 10.1. The first-order valence-electron chi connectivity index (χ1n) is 7.03. The number of benzene rings is 1. The summed E-state index contributed by atoms with van der Waals surface area (Å²) >= 11 is 0. The maximum absolute atomic E-state index is 12.5. The van der Waals surface area contributed by atoms with E-state index in [4.69, 9.17) is 11.0 Å². The van der Waals surface area contributed by atoms with E-state index in [0.29, 0.717) is 37.5 Å². The van der Waals surface area contributed by atoms with Crippen molar-refractivity contribution in [2.45, 2.75) is 20.3 Å². The minimum absolute atomic E-state index is 0.0442. The van der Waals surface area contributed by atoms with Crippen LogP contribution in [0.2, 0.25) is 0 Å². The lowest BCUT2D eigenvalue weighted by molar-refractivity contribution is 0.0740. The summed E-state index contributed by atoms with van der Waals surface area (Å²) in [6, 6.07) is 9.25. The zero-order chi connectivity index (χ0) is 15.7. The zero-order valence-electron chi connectivity index (χ0n) is 12.6. The van der Waals surface area contributed by atoms with E-state index in [1.165, 1.54) is 0 Å². The lowest BCUT2D eigenvalue weighted by Crippen LogP contribution is -2.35. The topological polar surface area (TPSA) is 70.1 Å². The first-order valence-corrected chi connectivity index (χ1v) is 7.03. The van der Waals surface area contributed by atoms with Crippen LogP contribution in [0.5, 0.6) is 0 Å². The highest BCUT2D eigenvalue weighted by Gasteiger charge is 2.16. The molecule has 0 aliphatic heterocycles. The fraction of sp³-hybridized carbons (Fsp3) is 0.412. The van der Waals surface area contributed by atoms with Crippen molar-refractivity contribution in [1.29, 1.82) is 5.26 Å². The molecule has 2 N–H and O–H groups in total. The zero-order valence-corrected chi connectivity index (χ0v) is 12.6. The number of rotatable bonds is 5. The number of hydrogen-bond acceptors (Lipinski definition) is 3. The third-order valence-corrected chi connectivity index (χ3v) is 2.83. The van der Waals surface area contributed by atoms with Gasteiger partial charge in [0.25, 0.3) is 5.91 Å².